The summed E-state index contributed by atoms with van der Waals surface area (Å²) in [6, 6.07) is 11.4. The number of aryl methyl sites for hydroxylation is 1. The number of carbonyl (C=O) groups is 1. The Labute approximate surface area is 171 Å². The van der Waals surface area contributed by atoms with E-state index in [1.54, 1.807) is 0 Å². The molecule has 28 heavy (non-hydrogen) atoms. The van der Waals surface area contributed by atoms with Gasteiger partial charge in [0.05, 0.1) is 0 Å². The third-order valence-corrected chi connectivity index (χ3v) is 6.79. The number of urea groups is 1. The highest BCUT2D eigenvalue weighted by molar-refractivity contribution is 5.74. The van der Waals surface area contributed by atoms with Gasteiger partial charge in [0.1, 0.15) is 0 Å². The zero-order valence-electron chi connectivity index (χ0n) is 18.1. The molecule has 1 N–H and O–H groups in total. The number of hydrogen-bond acceptors (Lipinski definition) is 2. The van der Waals surface area contributed by atoms with Crippen LogP contribution in [0.15, 0.2) is 30.3 Å². The molecule has 0 atom stereocenters. The number of likely N-dealkylation sites (tertiary alicyclic amines) is 2. The van der Waals surface area contributed by atoms with E-state index in [0.29, 0.717) is 17.4 Å². The molecule has 0 unspecified atom stereocenters. The van der Waals surface area contributed by atoms with Gasteiger partial charge in [-0.3, -0.25) is 0 Å². The van der Waals surface area contributed by atoms with Crippen molar-refractivity contribution in [2.45, 2.75) is 64.8 Å². The normalized spacial score (nSPS) is 21.1. The van der Waals surface area contributed by atoms with Gasteiger partial charge in [-0.2, -0.15) is 0 Å². The smallest absolute Gasteiger partial charge is 0.317 e. The third-order valence-electron chi connectivity index (χ3n) is 6.79. The topological polar surface area (TPSA) is 35.6 Å². The molecular weight excluding hydrogens is 346 g/mol. The molecule has 156 valence electrons. The second kappa shape index (κ2) is 9.78. The van der Waals surface area contributed by atoms with Crippen molar-refractivity contribution in [2.24, 2.45) is 11.3 Å². The van der Waals surface area contributed by atoms with Crippen LogP contribution in [-0.2, 0) is 6.42 Å². The molecule has 0 aromatic heterocycles. The van der Waals surface area contributed by atoms with Crippen molar-refractivity contribution in [3.8, 4) is 0 Å². The summed E-state index contributed by atoms with van der Waals surface area (Å²) in [6.07, 6.45) is 8.08. The van der Waals surface area contributed by atoms with E-state index in [-0.39, 0.29) is 6.03 Å². The number of piperidine rings is 2. The maximum Gasteiger partial charge on any atom is 0.317 e. The summed E-state index contributed by atoms with van der Waals surface area (Å²) in [5.74, 6) is 0.704. The molecule has 0 bridgehead atoms. The summed E-state index contributed by atoms with van der Waals surface area (Å²) in [7, 11) is 2.16. The van der Waals surface area contributed by atoms with Gasteiger partial charge in [-0.15, -0.1) is 0 Å². The average molecular weight is 386 g/mol. The van der Waals surface area contributed by atoms with Crippen molar-refractivity contribution in [1.29, 1.82) is 0 Å². The molecule has 2 aliphatic rings. The second-order valence-corrected chi connectivity index (χ2v) is 9.60. The molecular formula is C24H39N3O. The molecule has 4 heteroatoms. The Kier molecular flexibility index (Phi) is 7.39. The van der Waals surface area contributed by atoms with Crippen LogP contribution in [0.3, 0.4) is 0 Å². The minimum Gasteiger partial charge on any atom is -0.335 e. The van der Waals surface area contributed by atoms with E-state index in [0.717, 1.165) is 58.3 Å². The lowest BCUT2D eigenvalue weighted by Gasteiger charge is -2.43. The third kappa shape index (κ3) is 5.97. The predicted molar refractivity (Wildman–Crippen MR) is 117 cm³/mol. The van der Waals surface area contributed by atoms with E-state index in [2.05, 4.69) is 66.3 Å². The summed E-state index contributed by atoms with van der Waals surface area (Å²) >= 11 is 0. The minimum atomic E-state index is 0.163. The molecule has 2 fully saturated rings. The number of hydrogen-bond donors (Lipinski definition) is 1. The zero-order chi connectivity index (χ0) is 20.0. The highest BCUT2D eigenvalue weighted by atomic mass is 16.2. The zero-order valence-corrected chi connectivity index (χ0v) is 18.1. The van der Waals surface area contributed by atoms with Crippen LogP contribution in [0.4, 0.5) is 4.79 Å². The fourth-order valence-electron chi connectivity index (χ4n) is 5.08. The van der Waals surface area contributed by atoms with Gasteiger partial charge >= 0.3 is 6.03 Å². The first kappa shape index (κ1) is 21.2. The molecule has 0 saturated carbocycles. The first-order valence-electron chi connectivity index (χ1n) is 11.2. The Hall–Kier alpha value is -1.55. The molecule has 1 aromatic rings. The summed E-state index contributed by atoms with van der Waals surface area (Å²) in [4.78, 5) is 17.2. The molecule has 3 rings (SSSR count). The molecule has 0 aliphatic carbocycles. The molecule has 4 nitrogen and oxygen atoms in total. The molecule has 1 aromatic carbocycles. The number of amides is 2. The van der Waals surface area contributed by atoms with Crippen LogP contribution in [0.1, 0.15) is 57.9 Å². The standard InChI is InChI=1S/C24H39N3O/c1-20(2)19-24(12-9-21-7-5-4-6-8-21)13-17-27(18-14-24)23(28)25-22-10-15-26(3)16-11-22/h4-8,20,22H,9-19H2,1-3H3,(H,25,28). The number of rotatable bonds is 6. The molecule has 2 saturated heterocycles. The lowest BCUT2D eigenvalue weighted by molar-refractivity contribution is 0.0867. The van der Waals surface area contributed by atoms with E-state index < -0.39 is 0 Å². The van der Waals surface area contributed by atoms with Gasteiger partial charge in [-0.1, -0.05) is 44.2 Å². The first-order valence-corrected chi connectivity index (χ1v) is 11.2. The Balaban J connectivity index is 1.52. The van der Waals surface area contributed by atoms with Crippen molar-refractivity contribution in [3.63, 3.8) is 0 Å². The molecule has 0 radical (unpaired) electrons. The highest BCUT2D eigenvalue weighted by Gasteiger charge is 2.36. The Morgan fingerprint density at radius 3 is 2.36 bits per heavy atom. The average Bonchev–Trinajstić information content (AvgIpc) is 2.69. The van der Waals surface area contributed by atoms with Gasteiger partial charge in [0.2, 0.25) is 0 Å². The minimum absolute atomic E-state index is 0.163. The van der Waals surface area contributed by atoms with Crippen LogP contribution >= 0.6 is 0 Å². The number of nitrogens with zero attached hydrogens (tertiary/aromatic N) is 2. The molecule has 2 amide bonds. The molecule has 2 heterocycles. The fraction of sp³-hybridized carbons (Fsp3) is 0.708. The second-order valence-electron chi connectivity index (χ2n) is 9.60. The number of nitrogens with one attached hydrogen (secondary N) is 1. The SMILES string of the molecule is CC(C)CC1(CCc2ccccc2)CCN(C(=O)NC2CCN(C)CC2)CC1. The summed E-state index contributed by atoms with van der Waals surface area (Å²) in [5.41, 5.74) is 1.82. The van der Waals surface area contributed by atoms with Crippen molar-refractivity contribution >= 4 is 6.03 Å². The maximum absolute atomic E-state index is 12.8. The maximum atomic E-state index is 12.8. The highest BCUT2D eigenvalue weighted by Crippen LogP contribution is 2.41. The van der Waals surface area contributed by atoms with Crippen LogP contribution in [-0.4, -0.2) is 55.1 Å². The summed E-state index contributed by atoms with van der Waals surface area (Å²) in [6.45, 7) is 8.65. The Morgan fingerprint density at radius 1 is 1.11 bits per heavy atom. The van der Waals surface area contributed by atoms with E-state index in [9.17, 15) is 4.79 Å². The van der Waals surface area contributed by atoms with Crippen LogP contribution < -0.4 is 5.32 Å². The predicted octanol–water partition coefficient (Wildman–Crippen LogP) is 4.55. The van der Waals surface area contributed by atoms with Gasteiger partial charge in [0.15, 0.2) is 0 Å². The fourth-order valence-corrected chi connectivity index (χ4v) is 5.08. The van der Waals surface area contributed by atoms with Crippen LogP contribution in [0.2, 0.25) is 0 Å². The van der Waals surface area contributed by atoms with Gasteiger partial charge in [0, 0.05) is 19.1 Å². The van der Waals surface area contributed by atoms with E-state index in [4.69, 9.17) is 0 Å². The van der Waals surface area contributed by atoms with Crippen molar-refractivity contribution in [1.82, 2.24) is 15.1 Å². The summed E-state index contributed by atoms with van der Waals surface area (Å²) < 4.78 is 0. The van der Waals surface area contributed by atoms with Crippen LogP contribution in [0, 0.1) is 11.3 Å². The number of carbonyl (C=O) groups excluding carboxylic acids is 1. The Morgan fingerprint density at radius 2 is 1.75 bits per heavy atom. The van der Waals surface area contributed by atoms with Crippen molar-refractivity contribution in [2.75, 3.05) is 33.2 Å². The lowest BCUT2D eigenvalue weighted by Crippen LogP contribution is -2.52. The monoisotopic (exact) mass is 385 g/mol. The van der Waals surface area contributed by atoms with Crippen molar-refractivity contribution in [3.05, 3.63) is 35.9 Å². The number of benzene rings is 1. The lowest BCUT2D eigenvalue weighted by atomic mass is 9.69. The van der Waals surface area contributed by atoms with Gasteiger partial charge in [0.25, 0.3) is 0 Å². The summed E-state index contributed by atoms with van der Waals surface area (Å²) in [5, 5.41) is 3.30. The van der Waals surface area contributed by atoms with Gasteiger partial charge in [-0.25, -0.2) is 4.79 Å². The Bertz CT molecular complexity index is 600. The quantitative estimate of drug-likeness (QED) is 0.780. The van der Waals surface area contributed by atoms with Crippen molar-refractivity contribution < 1.29 is 4.79 Å². The van der Waals surface area contributed by atoms with E-state index in [1.807, 2.05) is 0 Å². The van der Waals surface area contributed by atoms with Crippen LogP contribution in [0.5, 0.6) is 0 Å². The van der Waals surface area contributed by atoms with E-state index >= 15 is 0 Å². The first-order chi connectivity index (χ1) is 13.5. The largest absolute Gasteiger partial charge is 0.335 e. The van der Waals surface area contributed by atoms with Crippen LogP contribution in [0.25, 0.3) is 0 Å². The van der Waals surface area contributed by atoms with Gasteiger partial charge in [-0.05, 0) is 82.0 Å². The van der Waals surface area contributed by atoms with Gasteiger partial charge < -0.3 is 15.1 Å². The van der Waals surface area contributed by atoms with E-state index in [1.165, 1.54) is 18.4 Å². The molecule has 0 spiro atoms. The molecule has 2 aliphatic heterocycles.